The first-order chi connectivity index (χ1) is 9.99. The fraction of sp³-hybridized carbons (Fsp3) is 0.357. The van der Waals surface area contributed by atoms with Crippen molar-refractivity contribution in [3.63, 3.8) is 0 Å². The van der Waals surface area contributed by atoms with Gasteiger partial charge in [0, 0.05) is 17.3 Å². The molecule has 3 amide bonds. The van der Waals surface area contributed by atoms with Crippen molar-refractivity contribution in [2.75, 3.05) is 4.90 Å². The predicted octanol–water partition coefficient (Wildman–Crippen LogP) is 1.67. The lowest BCUT2D eigenvalue weighted by Crippen LogP contribution is -2.56. The number of carbonyl (C=O) groups is 3. The van der Waals surface area contributed by atoms with Crippen molar-refractivity contribution in [1.82, 2.24) is 5.32 Å². The molecule has 1 aromatic carbocycles. The van der Waals surface area contributed by atoms with Gasteiger partial charge in [-0.2, -0.15) is 0 Å². The number of rotatable bonds is 1. The van der Waals surface area contributed by atoms with Crippen molar-refractivity contribution < 1.29 is 18.8 Å². The fourth-order valence-corrected chi connectivity index (χ4v) is 3.33. The molecule has 0 spiro atoms. The van der Waals surface area contributed by atoms with E-state index in [2.05, 4.69) is 21.2 Å². The molecule has 110 valence electrons. The Hall–Kier alpha value is -1.76. The number of amides is 3. The molecule has 0 aromatic heterocycles. The Labute approximate surface area is 128 Å². The molecule has 0 saturated carbocycles. The molecule has 5 nitrogen and oxygen atoms in total. The quantitative estimate of drug-likeness (QED) is 0.780. The number of hydrogen-bond acceptors (Lipinski definition) is 3. The summed E-state index contributed by atoms with van der Waals surface area (Å²) in [4.78, 5) is 36.7. The highest BCUT2D eigenvalue weighted by atomic mass is 79.9. The molecule has 21 heavy (non-hydrogen) atoms. The second kappa shape index (κ2) is 5.22. The summed E-state index contributed by atoms with van der Waals surface area (Å²) in [5, 5.41) is 2.21. The summed E-state index contributed by atoms with van der Waals surface area (Å²) in [6, 6.07) is 2.02. The number of imide groups is 1. The van der Waals surface area contributed by atoms with E-state index in [-0.39, 0.29) is 36.8 Å². The predicted molar refractivity (Wildman–Crippen MR) is 76.1 cm³/mol. The molecule has 0 bridgehead atoms. The van der Waals surface area contributed by atoms with Crippen molar-refractivity contribution in [3.8, 4) is 0 Å². The van der Waals surface area contributed by atoms with E-state index in [1.807, 2.05) is 0 Å². The zero-order chi connectivity index (χ0) is 15.1. The minimum Gasteiger partial charge on any atom is -0.297 e. The Morgan fingerprint density at radius 1 is 1.19 bits per heavy atom. The van der Waals surface area contributed by atoms with Crippen LogP contribution < -0.4 is 10.2 Å². The molecular formula is C14H12BrFN2O3. The molecule has 2 aliphatic heterocycles. The van der Waals surface area contributed by atoms with E-state index < -0.39 is 17.8 Å². The Bertz CT molecular complexity index is 662. The van der Waals surface area contributed by atoms with Crippen LogP contribution in [-0.4, -0.2) is 23.8 Å². The summed E-state index contributed by atoms with van der Waals surface area (Å²) in [6.07, 6.45) is 0.996. The second-order valence-electron chi connectivity index (χ2n) is 5.09. The number of anilines is 1. The van der Waals surface area contributed by atoms with E-state index in [0.29, 0.717) is 16.5 Å². The molecule has 2 aliphatic rings. The molecule has 7 heteroatoms. The number of carbonyl (C=O) groups excluding carboxylic acids is 3. The van der Waals surface area contributed by atoms with Crippen LogP contribution >= 0.6 is 15.9 Å². The average Bonchev–Trinajstić information content (AvgIpc) is 2.44. The number of benzene rings is 1. The first-order valence-corrected chi connectivity index (χ1v) is 7.41. The molecule has 0 aliphatic carbocycles. The van der Waals surface area contributed by atoms with Gasteiger partial charge >= 0.3 is 0 Å². The zero-order valence-electron chi connectivity index (χ0n) is 11.0. The van der Waals surface area contributed by atoms with Gasteiger partial charge in [-0.25, -0.2) is 4.39 Å². The maximum Gasteiger partial charge on any atom is 0.249 e. The topological polar surface area (TPSA) is 66.5 Å². The first kappa shape index (κ1) is 14.2. The van der Waals surface area contributed by atoms with Gasteiger partial charge in [0.2, 0.25) is 17.7 Å². The van der Waals surface area contributed by atoms with E-state index in [4.69, 9.17) is 0 Å². The Balaban J connectivity index is 2.07. The van der Waals surface area contributed by atoms with E-state index >= 15 is 0 Å². The highest BCUT2D eigenvalue weighted by Gasteiger charge is 2.39. The molecule has 1 unspecified atom stereocenters. The van der Waals surface area contributed by atoms with Gasteiger partial charge in [0.25, 0.3) is 0 Å². The molecule has 0 radical (unpaired) electrons. The fourth-order valence-electron chi connectivity index (χ4n) is 2.82. The van der Waals surface area contributed by atoms with Crippen molar-refractivity contribution in [2.45, 2.75) is 31.7 Å². The maximum absolute atomic E-state index is 14.2. The third-order valence-electron chi connectivity index (χ3n) is 3.80. The lowest BCUT2D eigenvalue weighted by molar-refractivity contribution is -0.135. The van der Waals surface area contributed by atoms with Crippen LogP contribution in [0.3, 0.4) is 0 Å². The smallest absolute Gasteiger partial charge is 0.249 e. The molecule has 1 saturated heterocycles. The van der Waals surface area contributed by atoms with Gasteiger partial charge in [-0.05, 0) is 30.5 Å². The van der Waals surface area contributed by atoms with Crippen LogP contribution in [0.5, 0.6) is 0 Å². The molecule has 1 fully saturated rings. The summed E-state index contributed by atoms with van der Waals surface area (Å²) in [5.74, 6) is -1.75. The van der Waals surface area contributed by atoms with Crippen molar-refractivity contribution in [1.29, 1.82) is 0 Å². The normalized spacial score (nSPS) is 22.1. The van der Waals surface area contributed by atoms with Crippen molar-refractivity contribution >= 4 is 39.3 Å². The minimum absolute atomic E-state index is 0.144. The molecular weight excluding hydrogens is 343 g/mol. The van der Waals surface area contributed by atoms with Gasteiger partial charge in [0.05, 0.1) is 5.69 Å². The number of fused-ring (bicyclic) bond motifs is 1. The highest BCUT2D eigenvalue weighted by Crippen LogP contribution is 2.37. The maximum atomic E-state index is 14.2. The van der Waals surface area contributed by atoms with Gasteiger partial charge in [0.1, 0.15) is 11.9 Å². The number of nitrogens with one attached hydrogen (secondary N) is 1. The van der Waals surface area contributed by atoms with Gasteiger partial charge in [0.15, 0.2) is 0 Å². The Kier molecular flexibility index (Phi) is 3.52. The lowest BCUT2D eigenvalue weighted by atomic mass is 9.95. The Morgan fingerprint density at radius 2 is 1.95 bits per heavy atom. The minimum atomic E-state index is -0.835. The monoisotopic (exact) mass is 354 g/mol. The van der Waals surface area contributed by atoms with Crippen LogP contribution in [0.25, 0.3) is 0 Å². The standard InChI is InChI=1S/C14H12BrFN2O3/c15-8-2-3-9(16)13-7(8)1-6-12(20)18(13)10-4-5-11(19)17-14(10)21/h2-3,10H,1,4-6H2,(H,17,19,21). The van der Waals surface area contributed by atoms with E-state index in [9.17, 15) is 18.8 Å². The van der Waals surface area contributed by atoms with Gasteiger partial charge in [-0.15, -0.1) is 0 Å². The highest BCUT2D eigenvalue weighted by molar-refractivity contribution is 9.10. The first-order valence-electron chi connectivity index (χ1n) is 6.61. The number of nitrogens with zero attached hydrogens (tertiary/aromatic N) is 1. The third-order valence-corrected chi connectivity index (χ3v) is 4.54. The summed E-state index contributed by atoms with van der Waals surface area (Å²) >= 11 is 3.35. The van der Waals surface area contributed by atoms with Gasteiger partial charge in [-0.3, -0.25) is 24.6 Å². The van der Waals surface area contributed by atoms with E-state index in [1.165, 1.54) is 11.0 Å². The summed E-state index contributed by atoms with van der Waals surface area (Å²) < 4.78 is 14.9. The van der Waals surface area contributed by atoms with E-state index in [1.54, 1.807) is 6.07 Å². The van der Waals surface area contributed by atoms with Crippen molar-refractivity contribution in [3.05, 3.63) is 28.0 Å². The summed E-state index contributed by atoms with van der Waals surface area (Å²) in [6.45, 7) is 0. The molecule has 1 aromatic rings. The summed E-state index contributed by atoms with van der Waals surface area (Å²) in [7, 11) is 0. The molecule has 1 N–H and O–H groups in total. The summed E-state index contributed by atoms with van der Waals surface area (Å²) in [5.41, 5.74) is 0.828. The van der Waals surface area contributed by atoms with Gasteiger partial charge in [-0.1, -0.05) is 15.9 Å². The third kappa shape index (κ3) is 2.35. The van der Waals surface area contributed by atoms with Crippen LogP contribution in [0.15, 0.2) is 16.6 Å². The number of piperidine rings is 1. The molecule has 1 atom stereocenters. The molecule has 2 heterocycles. The van der Waals surface area contributed by atoms with Crippen molar-refractivity contribution in [2.24, 2.45) is 0 Å². The largest absolute Gasteiger partial charge is 0.297 e. The van der Waals surface area contributed by atoms with Crippen LogP contribution in [0.4, 0.5) is 10.1 Å². The van der Waals surface area contributed by atoms with Crippen LogP contribution in [0.1, 0.15) is 24.8 Å². The average molecular weight is 355 g/mol. The van der Waals surface area contributed by atoms with E-state index in [0.717, 1.165) is 0 Å². The second-order valence-corrected chi connectivity index (χ2v) is 5.94. The van der Waals surface area contributed by atoms with Crippen LogP contribution in [-0.2, 0) is 20.8 Å². The SMILES string of the molecule is O=C1CCC(N2C(=O)CCc3c(Br)ccc(F)c32)C(=O)N1. The number of hydrogen-bond donors (Lipinski definition) is 1. The van der Waals surface area contributed by atoms with Gasteiger partial charge < -0.3 is 0 Å². The Morgan fingerprint density at radius 3 is 2.67 bits per heavy atom. The van der Waals surface area contributed by atoms with Crippen LogP contribution in [0.2, 0.25) is 0 Å². The molecule has 3 rings (SSSR count). The number of halogens is 2. The van der Waals surface area contributed by atoms with Crippen LogP contribution in [0, 0.1) is 5.82 Å². The lowest BCUT2D eigenvalue weighted by Gasteiger charge is -2.37. The zero-order valence-corrected chi connectivity index (χ0v) is 12.6.